The summed E-state index contributed by atoms with van der Waals surface area (Å²) in [4.78, 5) is 0. The first-order valence-electron chi connectivity index (χ1n) is 5.18. The average Bonchev–Trinajstić information content (AvgIpc) is 2.37. The van der Waals surface area contributed by atoms with E-state index in [1.54, 1.807) is 0 Å². The lowest BCUT2D eigenvalue weighted by Gasteiger charge is -2.02. The van der Waals surface area contributed by atoms with Gasteiger partial charge in [0.05, 0.1) is 0 Å². The second-order valence-electron chi connectivity index (χ2n) is 4.16. The number of hydrogen-bond donors (Lipinski definition) is 0. The van der Waals surface area contributed by atoms with Crippen molar-refractivity contribution in [1.29, 1.82) is 0 Å². The normalized spacial score (nSPS) is 11.1. The van der Waals surface area contributed by atoms with E-state index >= 15 is 0 Å². The van der Waals surface area contributed by atoms with Crippen LogP contribution in [0.5, 0.6) is 0 Å². The Morgan fingerprint density at radius 2 is 1.71 bits per heavy atom. The first-order chi connectivity index (χ1) is 6.70. The number of fused-ring (bicyclic) bond motifs is 1. The molecule has 2 aliphatic rings. The van der Waals surface area contributed by atoms with Crippen LogP contribution in [0.25, 0.3) is 11.1 Å². The highest BCUT2D eigenvalue weighted by molar-refractivity contribution is 5.73. The molecule has 0 aromatic rings. The summed E-state index contributed by atoms with van der Waals surface area (Å²) in [5.41, 5.74) is 5.66. The molecule has 0 bridgehead atoms. The van der Waals surface area contributed by atoms with Crippen LogP contribution in [0.4, 0.5) is 0 Å². The lowest BCUT2D eigenvalue weighted by molar-refractivity contribution is 0.863. The monoisotopic (exact) mass is 184 g/mol. The summed E-state index contributed by atoms with van der Waals surface area (Å²) in [6, 6.07) is 13.0. The Morgan fingerprint density at radius 3 is 2.43 bits per heavy atom. The van der Waals surface area contributed by atoms with Crippen molar-refractivity contribution in [1.82, 2.24) is 0 Å². The molecule has 0 aromatic carbocycles. The minimum atomic E-state index is 0.618. The van der Waals surface area contributed by atoms with Gasteiger partial charge in [0.15, 0.2) is 0 Å². The second-order valence-corrected chi connectivity index (χ2v) is 4.16. The molecule has 14 heavy (non-hydrogen) atoms. The van der Waals surface area contributed by atoms with Crippen molar-refractivity contribution in [2.75, 3.05) is 0 Å². The molecule has 2 aliphatic carbocycles. The van der Waals surface area contributed by atoms with E-state index in [1.165, 1.54) is 22.3 Å². The molecule has 0 atom stereocenters. The zero-order chi connectivity index (χ0) is 10.1. The molecule has 72 valence electrons. The third-order valence-corrected chi connectivity index (χ3v) is 2.84. The fourth-order valence-corrected chi connectivity index (χ4v) is 2.06. The van der Waals surface area contributed by atoms with E-state index in [-0.39, 0.29) is 0 Å². The smallest absolute Gasteiger partial charge is 0.0152 e. The zero-order valence-corrected chi connectivity index (χ0v) is 9.04. The Hall–Kier alpha value is -1.30. The maximum Gasteiger partial charge on any atom is -0.0152 e. The quantitative estimate of drug-likeness (QED) is 0.622. The van der Waals surface area contributed by atoms with Gasteiger partial charge in [0.1, 0.15) is 0 Å². The lowest BCUT2D eigenvalue weighted by Crippen LogP contribution is -1.85. The van der Waals surface area contributed by atoms with E-state index in [0.29, 0.717) is 5.92 Å². The molecule has 0 saturated carbocycles. The molecule has 0 aliphatic heterocycles. The van der Waals surface area contributed by atoms with Crippen molar-refractivity contribution in [2.24, 2.45) is 0 Å². The van der Waals surface area contributed by atoms with E-state index in [0.717, 1.165) is 0 Å². The standard InChI is InChI=1S/C14H16/c1-10(2)14-9-12-7-5-4-6-8-13(12)11(14)3/h4-10H,1-3H3. The zero-order valence-electron chi connectivity index (χ0n) is 9.04. The van der Waals surface area contributed by atoms with Gasteiger partial charge in [-0.1, -0.05) is 50.2 Å². The summed E-state index contributed by atoms with van der Waals surface area (Å²) in [5.74, 6) is 0.618. The minimum absolute atomic E-state index is 0.618. The Kier molecular flexibility index (Phi) is 2.28. The second kappa shape index (κ2) is 3.45. The van der Waals surface area contributed by atoms with Gasteiger partial charge in [-0.3, -0.25) is 0 Å². The minimum Gasteiger partial charge on any atom is -0.0622 e. The van der Waals surface area contributed by atoms with Crippen LogP contribution in [-0.4, -0.2) is 0 Å². The summed E-state index contributed by atoms with van der Waals surface area (Å²) >= 11 is 0. The molecule has 2 rings (SSSR count). The Balaban J connectivity index is 2.69. The van der Waals surface area contributed by atoms with Crippen molar-refractivity contribution in [2.45, 2.75) is 26.7 Å². The predicted octanol–water partition coefficient (Wildman–Crippen LogP) is 4.22. The Labute approximate surface area is 85.9 Å². The molecule has 0 amide bonds. The molecule has 0 spiro atoms. The van der Waals surface area contributed by atoms with Crippen LogP contribution in [0.1, 0.15) is 30.9 Å². The van der Waals surface area contributed by atoms with Gasteiger partial charge in [0.2, 0.25) is 0 Å². The van der Waals surface area contributed by atoms with Gasteiger partial charge in [-0.05, 0) is 35.1 Å². The van der Waals surface area contributed by atoms with Crippen LogP contribution in [0.2, 0.25) is 0 Å². The molecular formula is C14H16. The number of rotatable bonds is 1. The van der Waals surface area contributed by atoms with Gasteiger partial charge in [-0.15, -0.1) is 0 Å². The van der Waals surface area contributed by atoms with Crippen LogP contribution in [0.15, 0.2) is 36.4 Å². The molecular weight excluding hydrogens is 168 g/mol. The van der Waals surface area contributed by atoms with Crippen LogP contribution < -0.4 is 0 Å². The Morgan fingerprint density at radius 1 is 1.00 bits per heavy atom. The van der Waals surface area contributed by atoms with Crippen molar-refractivity contribution < 1.29 is 0 Å². The number of hydrogen-bond acceptors (Lipinski definition) is 0. The lowest BCUT2D eigenvalue weighted by atomic mass is 10.0. The highest BCUT2D eigenvalue weighted by Crippen LogP contribution is 2.34. The SMILES string of the molecule is Cc1c2cccccc-2cc1C(C)C. The van der Waals surface area contributed by atoms with Gasteiger partial charge in [-0.25, -0.2) is 0 Å². The summed E-state index contributed by atoms with van der Waals surface area (Å²) in [6.45, 7) is 6.72. The van der Waals surface area contributed by atoms with Crippen molar-refractivity contribution in [3.05, 3.63) is 47.5 Å². The molecule has 0 radical (unpaired) electrons. The van der Waals surface area contributed by atoms with Crippen LogP contribution in [0.3, 0.4) is 0 Å². The van der Waals surface area contributed by atoms with E-state index in [2.05, 4.69) is 57.2 Å². The fraction of sp³-hybridized carbons (Fsp3) is 0.286. The third kappa shape index (κ3) is 1.41. The summed E-state index contributed by atoms with van der Waals surface area (Å²) in [5, 5.41) is 0. The molecule has 0 N–H and O–H groups in total. The molecule has 0 heteroatoms. The fourth-order valence-electron chi connectivity index (χ4n) is 2.06. The topological polar surface area (TPSA) is 0 Å². The van der Waals surface area contributed by atoms with E-state index in [9.17, 15) is 0 Å². The molecule has 0 fully saturated rings. The van der Waals surface area contributed by atoms with Gasteiger partial charge in [-0.2, -0.15) is 0 Å². The summed E-state index contributed by atoms with van der Waals surface area (Å²) in [7, 11) is 0. The maximum absolute atomic E-state index is 2.31. The predicted molar refractivity (Wildman–Crippen MR) is 61.9 cm³/mol. The third-order valence-electron chi connectivity index (χ3n) is 2.84. The van der Waals surface area contributed by atoms with Gasteiger partial charge in [0, 0.05) is 0 Å². The van der Waals surface area contributed by atoms with Gasteiger partial charge >= 0.3 is 0 Å². The summed E-state index contributed by atoms with van der Waals surface area (Å²) < 4.78 is 0. The summed E-state index contributed by atoms with van der Waals surface area (Å²) in [6.07, 6.45) is 0. The van der Waals surface area contributed by atoms with Crippen molar-refractivity contribution in [3.63, 3.8) is 0 Å². The first kappa shape index (κ1) is 9.26. The van der Waals surface area contributed by atoms with Crippen molar-refractivity contribution >= 4 is 0 Å². The van der Waals surface area contributed by atoms with Crippen LogP contribution in [0, 0.1) is 6.92 Å². The Bertz CT molecular complexity index is 413. The van der Waals surface area contributed by atoms with Crippen LogP contribution in [-0.2, 0) is 0 Å². The largest absolute Gasteiger partial charge is 0.0622 e. The van der Waals surface area contributed by atoms with Gasteiger partial charge < -0.3 is 0 Å². The molecule has 0 saturated heterocycles. The average molecular weight is 184 g/mol. The van der Waals surface area contributed by atoms with Gasteiger partial charge in [0.25, 0.3) is 0 Å². The molecule has 0 heterocycles. The van der Waals surface area contributed by atoms with E-state index in [1.807, 2.05) is 0 Å². The first-order valence-corrected chi connectivity index (χ1v) is 5.18. The molecule has 0 aromatic heterocycles. The highest BCUT2D eigenvalue weighted by Gasteiger charge is 2.12. The van der Waals surface area contributed by atoms with E-state index in [4.69, 9.17) is 0 Å². The van der Waals surface area contributed by atoms with Crippen molar-refractivity contribution in [3.8, 4) is 11.1 Å². The van der Waals surface area contributed by atoms with E-state index < -0.39 is 0 Å². The molecule has 0 nitrogen and oxygen atoms in total. The maximum atomic E-state index is 2.31. The molecule has 0 unspecified atom stereocenters. The van der Waals surface area contributed by atoms with Crippen LogP contribution >= 0.6 is 0 Å². The highest BCUT2D eigenvalue weighted by atomic mass is 14.2.